The quantitative estimate of drug-likeness (QED) is 0.338. The van der Waals surface area contributed by atoms with Gasteiger partial charge in [-0.15, -0.1) is 0 Å². The second-order valence-electron chi connectivity index (χ2n) is 8.80. The molecule has 0 unspecified atom stereocenters. The molecule has 1 aliphatic heterocycles. The number of piperazine rings is 1. The molecule has 5 heteroatoms. The van der Waals surface area contributed by atoms with E-state index in [-0.39, 0.29) is 5.91 Å². The standard InChI is InChI=1S/C30H28ClN3O/c31-29-9-5-4-8-26(29)22-33-18-20-34(21-19-33)28-16-14-27(15-17-28)32-30(35)25-12-10-24(11-13-25)23-6-2-1-3-7-23/h1-17H,18-22H2,(H,32,35). The summed E-state index contributed by atoms with van der Waals surface area (Å²) in [5.74, 6) is -0.106. The van der Waals surface area contributed by atoms with Gasteiger partial charge >= 0.3 is 0 Å². The summed E-state index contributed by atoms with van der Waals surface area (Å²) < 4.78 is 0. The SMILES string of the molecule is O=C(Nc1ccc(N2CCN(Cc3ccccc3Cl)CC2)cc1)c1ccc(-c2ccccc2)cc1. The fourth-order valence-electron chi connectivity index (χ4n) is 4.44. The highest BCUT2D eigenvalue weighted by molar-refractivity contribution is 6.31. The zero-order valence-electron chi connectivity index (χ0n) is 19.5. The van der Waals surface area contributed by atoms with E-state index in [1.807, 2.05) is 72.8 Å². The van der Waals surface area contributed by atoms with Crippen molar-refractivity contribution in [3.8, 4) is 11.1 Å². The molecule has 1 N–H and O–H groups in total. The van der Waals surface area contributed by atoms with Crippen molar-refractivity contribution in [2.75, 3.05) is 36.4 Å². The molecule has 176 valence electrons. The molecule has 4 nitrogen and oxygen atoms in total. The molecule has 0 spiro atoms. The molecule has 4 aromatic rings. The number of hydrogen-bond donors (Lipinski definition) is 1. The van der Waals surface area contributed by atoms with Crippen LogP contribution >= 0.6 is 11.6 Å². The van der Waals surface area contributed by atoms with E-state index < -0.39 is 0 Å². The topological polar surface area (TPSA) is 35.6 Å². The van der Waals surface area contributed by atoms with Crippen molar-refractivity contribution >= 4 is 28.9 Å². The van der Waals surface area contributed by atoms with Gasteiger partial charge in [0.2, 0.25) is 0 Å². The van der Waals surface area contributed by atoms with Gasteiger partial charge in [-0.2, -0.15) is 0 Å². The molecular weight excluding hydrogens is 454 g/mol. The average Bonchev–Trinajstić information content (AvgIpc) is 2.91. The summed E-state index contributed by atoms with van der Waals surface area (Å²) in [6, 6.07) is 34.0. The van der Waals surface area contributed by atoms with Crippen LogP contribution in [0.2, 0.25) is 5.02 Å². The van der Waals surface area contributed by atoms with Crippen molar-refractivity contribution in [1.29, 1.82) is 0 Å². The van der Waals surface area contributed by atoms with Crippen LogP contribution in [-0.2, 0) is 6.54 Å². The zero-order valence-corrected chi connectivity index (χ0v) is 20.3. The van der Waals surface area contributed by atoms with Crippen molar-refractivity contribution in [3.05, 3.63) is 119 Å². The summed E-state index contributed by atoms with van der Waals surface area (Å²) in [5, 5.41) is 3.84. The molecule has 0 saturated carbocycles. The molecule has 1 saturated heterocycles. The van der Waals surface area contributed by atoms with Gasteiger partial charge in [0.25, 0.3) is 5.91 Å². The number of carbonyl (C=O) groups excluding carboxylic acids is 1. The number of rotatable bonds is 6. The Kier molecular flexibility index (Phi) is 7.12. The lowest BCUT2D eigenvalue weighted by Crippen LogP contribution is -2.46. The zero-order chi connectivity index (χ0) is 24.0. The highest BCUT2D eigenvalue weighted by atomic mass is 35.5. The minimum atomic E-state index is -0.106. The average molecular weight is 482 g/mol. The van der Waals surface area contributed by atoms with Crippen LogP contribution in [0.4, 0.5) is 11.4 Å². The number of amides is 1. The second kappa shape index (κ2) is 10.8. The number of carbonyl (C=O) groups is 1. The maximum Gasteiger partial charge on any atom is 0.255 e. The van der Waals surface area contributed by atoms with Gasteiger partial charge in [0.15, 0.2) is 0 Å². The predicted octanol–water partition coefficient (Wildman–Crippen LogP) is 6.58. The molecule has 0 aliphatic carbocycles. The van der Waals surface area contributed by atoms with Gasteiger partial charge in [0, 0.05) is 54.7 Å². The largest absolute Gasteiger partial charge is 0.369 e. The molecule has 0 atom stereocenters. The first-order chi connectivity index (χ1) is 17.2. The van der Waals surface area contributed by atoms with E-state index in [1.54, 1.807) is 0 Å². The molecule has 1 heterocycles. The molecular formula is C30H28ClN3O. The van der Waals surface area contributed by atoms with Crippen molar-refractivity contribution in [3.63, 3.8) is 0 Å². The Morgan fingerprint density at radius 3 is 2.03 bits per heavy atom. The second-order valence-corrected chi connectivity index (χ2v) is 9.21. The van der Waals surface area contributed by atoms with E-state index >= 15 is 0 Å². The first-order valence-corrected chi connectivity index (χ1v) is 12.3. The van der Waals surface area contributed by atoms with Gasteiger partial charge in [0.1, 0.15) is 0 Å². The third-order valence-electron chi connectivity index (χ3n) is 6.47. The lowest BCUT2D eigenvalue weighted by Gasteiger charge is -2.36. The maximum absolute atomic E-state index is 12.7. The Morgan fingerprint density at radius 1 is 0.714 bits per heavy atom. The molecule has 0 aromatic heterocycles. The smallest absolute Gasteiger partial charge is 0.255 e. The van der Waals surface area contributed by atoms with Gasteiger partial charge < -0.3 is 10.2 Å². The summed E-state index contributed by atoms with van der Waals surface area (Å²) in [4.78, 5) is 17.5. The van der Waals surface area contributed by atoms with Gasteiger partial charge in [-0.1, -0.05) is 72.3 Å². The minimum absolute atomic E-state index is 0.106. The van der Waals surface area contributed by atoms with E-state index in [2.05, 4.69) is 45.4 Å². The van der Waals surface area contributed by atoms with E-state index in [1.165, 1.54) is 11.3 Å². The third kappa shape index (κ3) is 5.73. The fraction of sp³-hybridized carbons (Fsp3) is 0.167. The van der Waals surface area contributed by atoms with Gasteiger partial charge in [-0.05, 0) is 59.2 Å². The Morgan fingerprint density at radius 2 is 1.34 bits per heavy atom. The molecule has 1 amide bonds. The van der Waals surface area contributed by atoms with Crippen molar-refractivity contribution in [1.82, 2.24) is 4.90 Å². The molecule has 0 bridgehead atoms. The number of benzene rings is 4. The molecule has 1 fully saturated rings. The summed E-state index contributed by atoms with van der Waals surface area (Å²) in [6.45, 7) is 4.78. The summed E-state index contributed by atoms with van der Waals surface area (Å²) in [6.07, 6.45) is 0. The summed E-state index contributed by atoms with van der Waals surface area (Å²) >= 11 is 6.32. The lowest BCUT2D eigenvalue weighted by atomic mass is 10.0. The van der Waals surface area contributed by atoms with Gasteiger partial charge in [0.05, 0.1) is 0 Å². The highest BCUT2D eigenvalue weighted by Gasteiger charge is 2.18. The first kappa shape index (κ1) is 23.2. The fourth-order valence-corrected chi connectivity index (χ4v) is 4.63. The van der Waals surface area contributed by atoms with Gasteiger partial charge in [-0.25, -0.2) is 0 Å². The van der Waals surface area contributed by atoms with Gasteiger partial charge in [-0.3, -0.25) is 9.69 Å². The minimum Gasteiger partial charge on any atom is -0.369 e. The van der Waals surface area contributed by atoms with Crippen LogP contribution in [0.3, 0.4) is 0 Å². The summed E-state index contributed by atoms with van der Waals surface area (Å²) in [5.41, 5.74) is 6.02. The molecule has 5 rings (SSSR count). The third-order valence-corrected chi connectivity index (χ3v) is 6.84. The van der Waals surface area contributed by atoms with Crippen molar-refractivity contribution < 1.29 is 4.79 Å². The highest BCUT2D eigenvalue weighted by Crippen LogP contribution is 2.23. The summed E-state index contributed by atoms with van der Waals surface area (Å²) in [7, 11) is 0. The number of nitrogens with one attached hydrogen (secondary N) is 1. The Balaban J connectivity index is 1.14. The Hall–Kier alpha value is -3.60. The van der Waals surface area contributed by atoms with Crippen LogP contribution < -0.4 is 10.2 Å². The van der Waals surface area contributed by atoms with Crippen LogP contribution in [0, 0.1) is 0 Å². The van der Waals surface area contributed by atoms with E-state index in [0.29, 0.717) is 5.56 Å². The molecule has 35 heavy (non-hydrogen) atoms. The number of hydrogen-bond acceptors (Lipinski definition) is 3. The molecule has 0 radical (unpaired) electrons. The normalized spacial score (nSPS) is 14.0. The lowest BCUT2D eigenvalue weighted by molar-refractivity contribution is 0.102. The van der Waals surface area contributed by atoms with Crippen LogP contribution in [0.25, 0.3) is 11.1 Å². The van der Waals surface area contributed by atoms with Crippen molar-refractivity contribution in [2.24, 2.45) is 0 Å². The molecule has 1 aliphatic rings. The Bertz CT molecular complexity index is 1270. The monoisotopic (exact) mass is 481 g/mol. The van der Waals surface area contributed by atoms with Crippen LogP contribution in [-0.4, -0.2) is 37.0 Å². The maximum atomic E-state index is 12.7. The van der Waals surface area contributed by atoms with Crippen LogP contribution in [0.15, 0.2) is 103 Å². The Labute approximate surface area is 211 Å². The number of nitrogens with zero attached hydrogens (tertiary/aromatic N) is 2. The number of halogens is 1. The van der Waals surface area contributed by atoms with Crippen molar-refractivity contribution in [2.45, 2.75) is 6.54 Å². The predicted molar refractivity (Wildman–Crippen MR) is 145 cm³/mol. The molecule has 4 aromatic carbocycles. The van der Waals surface area contributed by atoms with E-state index in [0.717, 1.165) is 54.6 Å². The number of anilines is 2. The van der Waals surface area contributed by atoms with Crippen LogP contribution in [0.1, 0.15) is 15.9 Å². The van der Waals surface area contributed by atoms with E-state index in [4.69, 9.17) is 11.6 Å². The van der Waals surface area contributed by atoms with E-state index in [9.17, 15) is 4.79 Å². The van der Waals surface area contributed by atoms with Crippen LogP contribution in [0.5, 0.6) is 0 Å². The first-order valence-electron chi connectivity index (χ1n) is 11.9.